The lowest BCUT2D eigenvalue weighted by molar-refractivity contribution is -0.137. The van der Waals surface area contributed by atoms with Crippen LogP contribution >= 0.6 is 0 Å². The molecular weight excluding hydrogens is 243 g/mol. The van der Waals surface area contributed by atoms with Gasteiger partial charge in [0.25, 0.3) is 0 Å². The number of aliphatic hydroxyl groups is 1. The molecule has 2 nitrogen and oxygen atoms in total. The average molecular weight is 261 g/mol. The van der Waals surface area contributed by atoms with Crippen LogP contribution < -0.4 is 4.90 Å². The Morgan fingerprint density at radius 3 is 2.17 bits per heavy atom. The predicted octanol–water partition coefficient (Wildman–Crippen LogP) is 3.30. The minimum Gasteiger partial charge on any atom is -0.395 e. The number of unbranched alkanes of at least 4 members (excludes halogenated alkanes) is 1. The standard InChI is InChI=1S/C13H18F3NO/c1-2-3-8-17(9-10-18)12-6-4-11(5-7-12)13(14,15)16/h4-7,18H,2-3,8-10H2,1H3. The molecule has 0 unspecified atom stereocenters. The van der Waals surface area contributed by atoms with Crippen LogP contribution in [0, 0.1) is 0 Å². The van der Waals surface area contributed by atoms with Crippen LogP contribution in [-0.2, 0) is 6.18 Å². The maximum absolute atomic E-state index is 12.4. The van der Waals surface area contributed by atoms with Gasteiger partial charge < -0.3 is 10.0 Å². The third kappa shape index (κ3) is 4.22. The van der Waals surface area contributed by atoms with Gasteiger partial charge in [0.15, 0.2) is 0 Å². The molecule has 1 rings (SSSR count). The topological polar surface area (TPSA) is 23.5 Å². The molecule has 0 atom stereocenters. The summed E-state index contributed by atoms with van der Waals surface area (Å²) in [6, 6.07) is 5.06. The molecule has 0 aliphatic heterocycles. The molecule has 18 heavy (non-hydrogen) atoms. The summed E-state index contributed by atoms with van der Waals surface area (Å²) < 4.78 is 37.3. The second kappa shape index (κ2) is 6.64. The van der Waals surface area contributed by atoms with Crippen LogP contribution in [0.2, 0.25) is 0 Å². The highest BCUT2D eigenvalue weighted by molar-refractivity contribution is 5.48. The van der Waals surface area contributed by atoms with Gasteiger partial charge in [0.1, 0.15) is 0 Å². The first-order valence-corrected chi connectivity index (χ1v) is 6.02. The summed E-state index contributed by atoms with van der Waals surface area (Å²) in [5.41, 5.74) is 0.0659. The SMILES string of the molecule is CCCCN(CCO)c1ccc(C(F)(F)F)cc1. The van der Waals surface area contributed by atoms with Crippen molar-refractivity contribution in [3.63, 3.8) is 0 Å². The minimum absolute atomic E-state index is 0.00919. The number of aliphatic hydroxyl groups excluding tert-OH is 1. The first kappa shape index (κ1) is 14.8. The Morgan fingerprint density at radius 2 is 1.72 bits per heavy atom. The number of anilines is 1. The second-order valence-corrected chi connectivity index (χ2v) is 4.11. The van der Waals surface area contributed by atoms with Crippen molar-refractivity contribution in [3.05, 3.63) is 29.8 Å². The highest BCUT2D eigenvalue weighted by Gasteiger charge is 2.30. The van der Waals surface area contributed by atoms with Crippen molar-refractivity contribution in [2.24, 2.45) is 0 Å². The smallest absolute Gasteiger partial charge is 0.395 e. The fourth-order valence-electron chi connectivity index (χ4n) is 1.70. The largest absolute Gasteiger partial charge is 0.416 e. The lowest BCUT2D eigenvalue weighted by Gasteiger charge is -2.24. The molecule has 0 aliphatic carbocycles. The van der Waals surface area contributed by atoms with Crippen LogP contribution in [0.1, 0.15) is 25.3 Å². The van der Waals surface area contributed by atoms with Gasteiger partial charge in [-0.2, -0.15) is 13.2 Å². The van der Waals surface area contributed by atoms with Gasteiger partial charge >= 0.3 is 6.18 Å². The summed E-state index contributed by atoms with van der Waals surface area (Å²) in [7, 11) is 0. The minimum atomic E-state index is -4.30. The zero-order valence-corrected chi connectivity index (χ0v) is 10.4. The Labute approximate surface area is 105 Å². The van der Waals surface area contributed by atoms with E-state index >= 15 is 0 Å². The fourth-order valence-corrected chi connectivity index (χ4v) is 1.70. The van der Waals surface area contributed by atoms with Crippen molar-refractivity contribution >= 4 is 5.69 Å². The monoisotopic (exact) mass is 261 g/mol. The summed E-state index contributed by atoms with van der Waals surface area (Å²) in [5.74, 6) is 0. The molecule has 0 fully saturated rings. The molecule has 1 N–H and O–H groups in total. The molecule has 0 radical (unpaired) electrons. The van der Waals surface area contributed by atoms with E-state index in [1.165, 1.54) is 12.1 Å². The van der Waals surface area contributed by atoms with Crippen LogP contribution in [0.3, 0.4) is 0 Å². The zero-order chi connectivity index (χ0) is 13.6. The van der Waals surface area contributed by atoms with Crippen LogP contribution in [0.5, 0.6) is 0 Å². The first-order chi connectivity index (χ1) is 8.49. The summed E-state index contributed by atoms with van der Waals surface area (Å²) in [4.78, 5) is 1.89. The summed E-state index contributed by atoms with van der Waals surface area (Å²) >= 11 is 0. The van der Waals surface area contributed by atoms with E-state index in [0.717, 1.165) is 31.5 Å². The molecule has 1 aromatic carbocycles. The first-order valence-electron chi connectivity index (χ1n) is 6.02. The van der Waals surface area contributed by atoms with Crippen LogP contribution in [0.4, 0.5) is 18.9 Å². The molecule has 102 valence electrons. The molecule has 0 saturated heterocycles. The van der Waals surface area contributed by atoms with Gasteiger partial charge in [0.2, 0.25) is 0 Å². The van der Waals surface area contributed by atoms with Crippen molar-refractivity contribution in [1.82, 2.24) is 0 Å². The van der Waals surface area contributed by atoms with Gasteiger partial charge in [-0.25, -0.2) is 0 Å². The molecule has 0 amide bonds. The number of benzene rings is 1. The molecule has 0 spiro atoms. The van der Waals surface area contributed by atoms with E-state index in [1.54, 1.807) is 0 Å². The van der Waals surface area contributed by atoms with Gasteiger partial charge in [-0.1, -0.05) is 13.3 Å². The van der Waals surface area contributed by atoms with Crippen LogP contribution in [-0.4, -0.2) is 24.8 Å². The third-order valence-electron chi connectivity index (χ3n) is 2.71. The average Bonchev–Trinajstić information content (AvgIpc) is 2.33. The fraction of sp³-hybridized carbons (Fsp3) is 0.538. The van der Waals surface area contributed by atoms with E-state index in [4.69, 9.17) is 5.11 Å². The Balaban J connectivity index is 2.79. The van der Waals surface area contributed by atoms with Crippen molar-refractivity contribution in [2.45, 2.75) is 25.9 Å². The normalized spacial score (nSPS) is 11.6. The van der Waals surface area contributed by atoms with Crippen molar-refractivity contribution in [2.75, 3.05) is 24.6 Å². The molecule has 0 aromatic heterocycles. The van der Waals surface area contributed by atoms with Gasteiger partial charge in [-0.3, -0.25) is 0 Å². The van der Waals surface area contributed by atoms with Crippen LogP contribution in [0.25, 0.3) is 0 Å². The molecule has 5 heteroatoms. The van der Waals surface area contributed by atoms with Crippen molar-refractivity contribution in [1.29, 1.82) is 0 Å². The molecule has 1 aromatic rings. The van der Waals surface area contributed by atoms with E-state index in [1.807, 2.05) is 11.8 Å². The lowest BCUT2D eigenvalue weighted by Crippen LogP contribution is -2.27. The van der Waals surface area contributed by atoms with Crippen molar-refractivity contribution < 1.29 is 18.3 Å². The van der Waals surface area contributed by atoms with Crippen molar-refractivity contribution in [3.8, 4) is 0 Å². The maximum Gasteiger partial charge on any atom is 0.416 e. The van der Waals surface area contributed by atoms with Gasteiger partial charge in [-0.15, -0.1) is 0 Å². The number of halogens is 3. The van der Waals surface area contributed by atoms with E-state index in [-0.39, 0.29) is 6.61 Å². The van der Waals surface area contributed by atoms with Crippen LogP contribution in [0.15, 0.2) is 24.3 Å². The number of alkyl halides is 3. The van der Waals surface area contributed by atoms with Gasteiger partial charge in [0, 0.05) is 18.8 Å². The Kier molecular flexibility index (Phi) is 5.47. The Morgan fingerprint density at radius 1 is 1.11 bits per heavy atom. The second-order valence-electron chi connectivity index (χ2n) is 4.11. The molecular formula is C13H18F3NO. The van der Waals surface area contributed by atoms with E-state index < -0.39 is 11.7 Å². The summed E-state index contributed by atoms with van der Waals surface area (Å²) in [6.45, 7) is 3.21. The maximum atomic E-state index is 12.4. The number of hydrogen-bond donors (Lipinski definition) is 1. The molecule has 0 bridgehead atoms. The van der Waals surface area contributed by atoms with Gasteiger partial charge in [-0.05, 0) is 30.7 Å². The molecule has 0 aliphatic rings. The quantitative estimate of drug-likeness (QED) is 0.849. The Bertz CT molecular complexity index is 348. The highest BCUT2D eigenvalue weighted by Crippen LogP contribution is 2.30. The number of nitrogens with zero attached hydrogens (tertiary/aromatic N) is 1. The summed E-state index contributed by atoms with van der Waals surface area (Å²) in [5, 5.41) is 8.96. The molecule has 0 saturated carbocycles. The molecule has 0 heterocycles. The van der Waals surface area contributed by atoms with E-state index in [2.05, 4.69) is 0 Å². The number of hydrogen-bond acceptors (Lipinski definition) is 2. The lowest BCUT2D eigenvalue weighted by atomic mass is 10.2. The predicted molar refractivity (Wildman–Crippen MR) is 65.7 cm³/mol. The van der Waals surface area contributed by atoms with Gasteiger partial charge in [0.05, 0.1) is 12.2 Å². The zero-order valence-electron chi connectivity index (χ0n) is 10.4. The van der Waals surface area contributed by atoms with E-state index in [9.17, 15) is 13.2 Å². The third-order valence-corrected chi connectivity index (χ3v) is 2.71. The Hall–Kier alpha value is -1.23. The number of rotatable bonds is 6. The highest BCUT2D eigenvalue weighted by atomic mass is 19.4. The summed E-state index contributed by atoms with van der Waals surface area (Å²) in [6.07, 6.45) is -2.35. The van der Waals surface area contributed by atoms with E-state index in [0.29, 0.717) is 12.2 Å².